The molecule has 1 saturated heterocycles. The van der Waals surface area contributed by atoms with Gasteiger partial charge >= 0.3 is 0 Å². The second-order valence-corrected chi connectivity index (χ2v) is 11.7. The molecule has 0 amide bonds. The van der Waals surface area contributed by atoms with E-state index in [9.17, 15) is 13.2 Å². The highest BCUT2D eigenvalue weighted by Crippen LogP contribution is 2.33. The van der Waals surface area contributed by atoms with Crippen LogP contribution >= 0.6 is 12.4 Å². The molecule has 0 bridgehead atoms. The number of aromatic nitrogens is 3. The molecule has 2 aromatic heterocycles. The molecule has 0 radical (unpaired) electrons. The predicted octanol–water partition coefficient (Wildman–Crippen LogP) is 3.60. The zero-order chi connectivity index (χ0) is 29.0. The Hall–Kier alpha value is -3.71. The first-order valence-electron chi connectivity index (χ1n) is 13.3. The van der Waals surface area contributed by atoms with Crippen LogP contribution in [0.5, 0.6) is 17.2 Å². The minimum absolute atomic E-state index is 0. The van der Waals surface area contributed by atoms with Crippen molar-refractivity contribution in [2.45, 2.75) is 11.8 Å². The van der Waals surface area contributed by atoms with Crippen LogP contribution in [0.3, 0.4) is 0 Å². The number of nitrogens with one attached hydrogen (secondary N) is 1. The number of methoxy groups -OCH3 is 2. The number of aromatic amines is 1. The second-order valence-electron chi connectivity index (χ2n) is 9.41. The molecule has 0 atom stereocenters. The van der Waals surface area contributed by atoms with Gasteiger partial charge in [0.15, 0.2) is 15.7 Å². The van der Waals surface area contributed by atoms with Gasteiger partial charge in [-0.2, -0.15) is 0 Å². The number of pyridine rings is 1. The minimum atomic E-state index is -3.36. The van der Waals surface area contributed by atoms with Gasteiger partial charge in [0, 0.05) is 37.3 Å². The fraction of sp³-hybridized carbons (Fsp3) is 0.345. The smallest absolute Gasteiger partial charge is 0.262 e. The average molecular weight is 617 g/mol. The second kappa shape index (κ2) is 13.5. The molecule has 1 aliphatic rings. The lowest BCUT2D eigenvalue weighted by Gasteiger charge is -2.26. The molecule has 0 aliphatic carbocycles. The third-order valence-corrected chi connectivity index (χ3v) is 8.69. The van der Waals surface area contributed by atoms with Gasteiger partial charge in [-0.3, -0.25) is 9.69 Å². The molecule has 4 aromatic rings. The number of hydrogen-bond acceptors (Lipinski definition) is 10. The normalized spacial score (nSPS) is 13.9. The first-order valence-corrected chi connectivity index (χ1v) is 14.9. The summed E-state index contributed by atoms with van der Waals surface area (Å²) in [7, 11) is -0.358. The summed E-state index contributed by atoms with van der Waals surface area (Å²) in [5.41, 5.74) is 1.58. The summed E-state index contributed by atoms with van der Waals surface area (Å²) in [4.78, 5) is 27.9. The molecule has 1 aliphatic heterocycles. The van der Waals surface area contributed by atoms with Crippen LogP contribution in [0.15, 0.2) is 58.2 Å². The predicted molar refractivity (Wildman–Crippen MR) is 162 cm³/mol. The van der Waals surface area contributed by atoms with E-state index in [0.717, 1.165) is 19.6 Å². The summed E-state index contributed by atoms with van der Waals surface area (Å²) in [5, 5.41) is 0.299. The Morgan fingerprint density at radius 3 is 2.38 bits per heavy atom. The van der Waals surface area contributed by atoms with Crippen molar-refractivity contribution < 1.29 is 27.4 Å². The molecule has 2 aromatic carbocycles. The van der Waals surface area contributed by atoms with E-state index in [1.165, 1.54) is 14.2 Å². The van der Waals surface area contributed by atoms with E-state index < -0.39 is 9.84 Å². The van der Waals surface area contributed by atoms with Gasteiger partial charge < -0.3 is 23.9 Å². The first kappa shape index (κ1) is 31.2. The summed E-state index contributed by atoms with van der Waals surface area (Å²) >= 11 is 0. The molecule has 1 fully saturated rings. The number of ether oxygens (including phenoxy) is 4. The van der Waals surface area contributed by atoms with Crippen LogP contribution in [0.25, 0.3) is 33.7 Å². The molecule has 0 spiro atoms. The zero-order valence-electron chi connectivity index (χ0n) is 23.6. The van der Waals surface area contributed by atoms with Crippen LogP contribution in [0.1, 0.15) is 6.92 Å². The maximum atomic E-state index is 13.1. The van der Waals surface area contributed by atoms with Gasteiger partial charge in [-0.15, -0.1) is 12.4 Å². The summed E-state index contributed by atoms with van der Waals surface area (Å²) in [6.45, 7) is 5.85. The van der Waals surface area contributed by atoms with Crippen molar-refractivity contribution in [3.05, 3.63) is 58.9 Å². The molecule has 11 nitrogen and oxygen atoms in total. The number of nitrogens with zero attached hydrogens (tertiary/aromatic N) is 3. The quantitative estimate of drug-likeness (QED) is 0.282. The van der Waals surface area contributed by atoms with Crippen molar-refractivity contribution in [1.82, 2.24) is 19.9 Å². The van der Waals surface area contributed by atoms with Gasteiger partial charge in [0.05, 0.1) is 43.6 Å². The van der Waals surface area contributed by atoms with Crippen molar-refractivity contribution in [2.75, 3.05) is 59.4 Å². The Balaban J connectivity index is 0.00000405. The summed E-state index contributed by atoms with van der Waals surface area (Å²) in [6, 6.07) is 13.3. The van der Waals surface area contributed by atoms with E-state index in [0.29, 0.717) is 64.9 Å². The van der Waals surface area contributed by atoms with Crippen molar-refractivity contribution >= 4 is 33.1 Å². The van der Waals surface area contributed by atoms with Gasteiger partial charge in [-0.1, -0.05) is 19.1 Å². The van der Waals surface area contributed by atoms with E-state index in [1.54, 1.807) is 55.5 Å². The van der Waals surface area contributed by atoms with Crippen LogP contribution < -0.4 is 19.8 Å². The first-order chi connectivity index (χ1) is 19.8. The largest absolute Gasteiger partial charge is 0.497 e. The SMILES string of the molecule is CCS(=O)(=O)c1ccc(-c2nc(-c3nc4cc(OC)cc(OC)c4c(=O)[nH]3)ccc2OCCN2CCOCC2)cc1.Cl. The van der Waals surface area contributed by atoms with E-state index in [2.05, 4.69) is 14.9 Å². The highest BCUT2D eigenvalue weighted by molar-refractivity contribution is 7.91. The maximum Gasteiger partial charge on any atom is 0.262 e. The Kier molecular flexibility index (Phi) is 10.0. The Morgan fingerprint density at radius 1 is 0.976 bits per heavy atom. The van der Waals surface area contributed by atoms with Gasteiger partial charge in [-0.05, 0) is 24.3 Å². The van der Waals surface area contributed by atoms with Crippen molar-refractivity contribution in [3.8, 4) is 40.0 Å². The number of H-pyrrole nitrogens is 1. The van der Waals surface area contributed by atoms with Gasteiger partial charge in [0.1, 0.15) is 40.6 Å². The van der Waals surface area contributed by atoms with Gasteiger partial charge in [0.25, 0.3) is 5.56 Å². The molecule has 0 unspecified atom stereocenters. The Bertz CT molecular complexity index is 1710. The van der Waals surface area contributed by atoms with E-state index in [-0.39, 0.29) is 34.4 Å². The molecular formula is C29H33ClN4O7S. The zero-order valence-corrected chi connectivity index (χ0v) is 25.2. The van der Waals surface area contributed by atoms with Gasteiger partial charge in [0.2, 0.25) is 0 Å². The van der Waals surface area contributed by atoms with Crippen LogP contribution in [0.4, 0.5) is 0 Å². The molecule has 0 saturated carbocycles. The molecule has 3 heterocycles. The number of sulfone groups is 1. The monoisotopic (exact) mass is 616 g/mol. The number of hydrogen-bond donors (Lipinski definition) is 1. The van der Waals surface area contributed by atoms with Crippen LogP contribution in [0, 0.1) is 0 Å². The van der Waals surface area contributed by atoms with E-state index >= 15 is 0 Å². The Morgan fingerprint density at radius 2 is 1.71 bits per heavy atom. The lowest BCUT2D eigenvalue weighted by molar-refractivity contribution is 0.0322. The van der Waals surface area contributed by atoms with Crippen molar-refractivity contribution in [3.63, 3.8) is 0 Å². The Labute approximate surface area is 250 Å². The highest BCUT2D eigenvalue weighted by Gasteiger charge is 2.18. The minimum Gasteiger partial charge on any atom is -0.497 e. The van der Waals surface area contributed by atoms with E-state index in [1.807, 2.05) is 0 Å². The molecule has 42 heavy (non-hydrogen) atoms. The standard InChI is InChI=1S/C29H32N4O7S.ClH/c1-4-41(35,36)21-7-5-19(6-8-21)27-24(40-16-13-33-11-14-39-15-12-33)10-9-22(30-27)28-31-23-17-20(37-2)18-25(38-3)26(23)29(34)32-28;/h5-10,17-18H,4,11-16H2,1-3H3,(H,31,32,34);1H. The molecule has 224 valence electrons. The summed E-state index contributed by atoms with van der Waals surface area (Å²) in [6.07, 6.45) is 0. The van der Waals surface area contributed by atoms with Crippen LogP contribution in [0.2, 0.25) is 0 Å². The van der Waals surface area contributed by atoms with E-state index in [4.69, 9.17) is 23.9 Å². The molecule has 13 heteroatoms. The van der Waals surface area contributed by atoms with Gasteiger partial charge in [-0.25, -0.2) is 18.4 Å². The number of fused-ring (bicyclic) bond motifs is 1. The number of morpholine rings is 1. The lowest BCUT2D eigenvalue weighted by Crippen LogP contribution is -2.38. The fourth-order valence-corrected chi connectivity index (χ4v) is 5.49. The molecule has 1 N–H and O–H groups in total. The third kappa shape index (κ3) is 6.67. The average Bonchev–Trinajstić information content (AvgIpc) is 3.01. The van der Waals surface area contributed by atoms with Crippen LogP contribution in [-0.4, -0.2) is 87.7 Å². The topological polar surface area (TPSA) is 133 Å². The fourth-order valence-electron chi connectivity index (χ4n) is 4.61. The summed E-state index contributed by atoms with van der Waals surface area (Å²) in [5.74, 6) is 1.63. The maximum absolute atomic E-state index is 13.1. The lowest BCUT2D eigenvalue weighted by atomic mass is 10.1. The number of benzene rings is 2. The summed E-state index contributed by atoms with van der Waals surface area (Å²) < 4.78 is 47.0. The highest BCUT2D eigenvalue weighted by atomic mass is 35.5. The van der Waals surface area contributed by atoms with Crippen molar-refractivity contribution in [2.24, 2.45) is 0 Å². The van der Waals surface area contributed by atoms with Crippen LogP contribution in [-0.2, 0) is 14.6 Å². The molecule has 5 rings (SSSR count). The van der Waals surface area contributed by atoms with Crippen molar-refractivity contribution in [1.29, 1.82) is 0 Å². The number of halogens is 1. The third-order valence-electron chi connectivity index (χ3n) is 6.94. The molecular weight excluding hydrogens is 584 g/mol. The number of rotatable bonds is 10.